The Hall–Kier alpha value is -1.96. The second-order valence-corrected chi connectivity index (χ2v) is 6.40. The molecule has 0 atom stereocenters. The third kappa shape index (κ3) is 3.82. The van der Waals surface area contributed by atoms with Crippen molar-refractivity contribution in [1.82, 2.24) is 0 Å². The Morgan fingerprint density at radius 2 is 0.818 bits per heavy atom. The van der Waals surface area contributed by atoms with Gasteiger partial charge in [0.15, 0.2) is 0 Å². The van der Waals surface area contributed by atoms with Crippen molar-refractivity contribution in [3.05, 3.63) is 57.6 Å². The predicted octanol–water partition coefficient (Wildman–Crippen LogP) is 5.06. The molecular weight excluding hydrogens is 268 g/mol. The van der Waals surface area contributed by atoms with Crippen LogP contribution in [0.1, 0.15) is 33.4 Å². The monoisotopic (exact) mass is 296 g/mol. The Bertz CT molecular complexity index is 566. The molecule has 0 bridgehead atoms. The van der Waals surface area contributed by atoms with Gasteiger partial charge in [-0.3, -0.25) is 0 Å². The van der Waals surface area contributed by atoms with E-state index in [1.165, 1.54) is 44.8 Å². The summed E-state index contributed by atoms with van der Waals surface area (Å²) in [5.74, 6) is 0. The third-order valence-electron chi connectivity index (χ3n) is 4.08. The topological polar surface area (TPSA) is 24.1 Å². The fraction of sp³-hybridized carbons (Fsp3) is 0.400. The molecule has 22 heavy (non-hydrogen) atoms. The minimum absolute atomic E-state index is 0.914. The average molecular weight is 296 g/mol. The number of benzene rings is 2. The maximum absolute atomic E-state index is 3.57. The first kappa shape index (κ1) is 16.4. The van der Waals surface area contributed by atoms with E-state index in [9.17, 15) is 0 Å². The number of rotatable bonds is 5. The fourth-order valence-electron chi connectivity index (χ4n) is 3.29. The van der Waals surface area contributed by atoms with Crippen LogP contribution >= 0.6 is 0 Å². The first-order valence-corrected chi connectivity index (χ1v) is 8.02. The zero-order valence-corrected chi connectivity index (χ0v) is 14.7. The van der Waals surface area contributed by atoms with Gasteiger partial charge in [0.25, 0.3) is 0 Å². The van der Waals surface area contributed by atoms with Gasteiger partial charge in [0, 0.05) is 24.5 Å². The molecule has 2 aromatic carbocycles. The molecule has 0 saturated carbocycles. The largest absolute Gasteiger partial charge is 0.383 e. The molecule has 0 fully saturated rings. The van der Waals surface area contributed by atoms with Gasteiger partial charge in [0.1, 0.15) is 0 Å². The summed E-state index contributed by atoms with van der Waals surface area (Å²) in [4.78, 5) is 0. The van der Waals surface area contributed by atoms with Crippen molar-refractivity contribution >= 4 is 11.4 Å². The molecule has 0 aromatic heterocycles. The van der Waals surface area contributed by atoms with Crippen LogP contribution in [0.15, 0.2) is 24.3 Å². The van der Waals surface area contributed by atoms with Crippen molar-refractivity contribution in [3.8, 4) is 0 Å². The Kier molecular flexibility index (Phi) is 5.12. The van der Waals surface area contributed by atoms with Crippen LogP contribution < -0.4 is 10.6 Å². The molecule has 118 valence electrons. The van der Waals surface area contributed by atoms with Crippen molar-refractivity contribution in [2.24, 2.45) is 0 Å². The van der Waals surface area contributed by atoms with Gasteiger partial charge < -0.3 is 10.6 Å². The summed E-state index contributed by atoms with van der Waals surface area (Å²) in [6.07, 6.45) is 0. The van der Waals surface area contributed by atoms with Crippen LogP contribution in [0.2, 0.25) is 0 Å². The minimum atomic E-state index is 0.914. The van der Waals surface area contributed by atoms with Gasteiger partial charge in [-0.25, -0.2) is 0 Å². The number of hydrogen-bond acceptors (Lipinski definition) is 2. The molecule has 0 unspecified atom stereocenters. The summed E-state index contributed by atoms with van der Waals surface area (Å²) in [6.45, 7) is 14.8. The lowest BCUT2D eigenvalue weighted by molar-refractivity contribution is 1.06. The lowest BCUT2D eigenvalue weighted by atomic mass is 10.0. The minimum Gasteiger partial charge on any atom is -0.383 e. The summed E-state index contributed by atoms with van der Waals surface area (Å²) >= 11 is 0. The molecule has 0 saturated heterocycles. The molecule has 0 aliphatic carbocycles. The third-order valence-corrected chi connectivity index (χ3v) is 4.08. The molecule has 2 heteroatoms. The van der Waals surface area contributed by atoms with Crippen molar-refractivity contribution in [3.63, 3.8) is 0 Å². The standard InChI is InChI=1S/C20H28N2/c1-13-9-15(3)19(16(4)10-13)21-7-8-22-20-17(5)11-14(2)12-18(20)6/h9-12,21-22H,7-8H2,1-6H3. The zero-order chi connectivity index (χ0) is 16.3. The molecule has 0 spiro atoms. The first-order valence-electron chi connectivity index (χ1n) is 8.02. The summed E-state index contributed by atoms with van der Waals surface area (Å²) in [5.41, 5.74) is 10.5. The average Bonchev–Trinajstić information content (AvgIpc) is 2.38. The summed E-state index contributed by atoms with van der Waals surface area (Å²) < 4.78 is 0. The van der Waals surface area contributed by atoms with Crippen molar-refractivity contribution in [2.75, 3.05) is 23.7 Å². The van der Waals surface area contributed by atoms with E-state index in [0.29, 0.717) is 0 Å². The maximum Gasteiger partial charge on any atom is 0.0400 e. The van der Waals surface area contributed by atoms with Crippen LogP contribution in [0, 0.1) is 41.5 Å². The number of anilines is 2. The molecule has 0 heterocycles. The quantitative estimate of drug-likeness (QED) is 0.753. The van der Waals surface area contributed by atoms with Gasteiger partial charge in [-0.1, -0.05) is 35.4 Å². The van der Waals surface area contributed by atoms with Gasteiger partial charge in [-0.15, -0.1) is 0 Å². The molecule has 2 aromatic rings. The smallest absolute Gasteiger partial charge is 0.0400 e. The molecule has 0 amide bonds. The zero-order valence-electron chi connectivity index (χ0n) is 14.7. The highest BCUT2D eigenvalue weighted by molar-refractivity contribution is 5.60. The van der Waals surface area contributed by atoms with Gasteiger partial charge >= 0.3 is 0 Å². The first-order chi connectivity index (χ1) is 10.4. The van der Waals surface area contributed by atoms with Crippen LogP contribution in [0.25, 0.3) is 0 Å². The van der Waals surface area contributed by atoms with Crippen molar-refractivity contribution in [1.29, 1.82) is 0 Å². The van der Waals surface area contributed by atoms with Gasteiger partial charge in [0.2, 0.25) is 0 Å². The lowest BCUT2D eigenvalue weighted by Gasteiger charge is -2.17. The number of nitrogens with one attached hydrogen (secondary N) is 2. The Labute approximate surface area is 135 Å². The van der Waals surface area contributed by atoms with Gasteiger partial charge in [-0.05, 0) is 63.8 Å². The molecule has 2 N–H and O–H groups in total. The summed E-state index contributed by atoms with van der Waals surface area (Å²) in [6, 6.07) is 8.93. The number of hydrogen-bond donors (Lipinski definition) is 2. The van der Waals surface area contributed by atoms with Crippen molar-refractivity contribution in [2.45, 2.75) is 41.5 Å². The molecule has 0 aliphatic rings. The Balaban J connectivity index is 1.96. The van der Waals surface area contributed by atoms with Gasteiger partial charge in [0.05, 0.1) is 0 Å². The van der Waals surface area contributed by atoms with Crippen LogP contribution in [-0.2, 0) is 0 Å². The van der Waals surface area contributed by atoms with Crippen molar-refractivity contribution < 1.29 is 0 Å². The van der Waals surface area contributed by atoms with E-state index in [0.717, 1.165) is 13.1 Å². The summed E-state index contributed by atoms with van der Waals surface area (Å²) in [7, 11) is 0. The molecule has 0 radical (unpaired) electrons. The van der Waals surface area contributed by atoms with E-state index >= 15 is 0 Å². The van der Waals surface area contributed by atoms with Crippen LogP contribution in [0.4, 0.5) is 11.4 Å². The Morgan fingerprint density at radius 1 is 0.545 bits per heavy atom. The molecule has 0 aliphatic heterocycles. The highest BCUT2D eigenvalue weighted by Crippen LogP contribution is 2.23. The van der Waals surface area contributed by atoms with E-state index in [2.05, 4.69) is 76.4 Å². The van der Waals surface area contributed by atoms with Gasteiger partial charge in [-0.2, -0.15) is 0 Å². The van der Waals surface area contributed by atoms with Crippen LogP contribution in [0.3, 0.4) is 0 Å². The van der Waals surface area contributed by atoms with E-state index in [4.69, 9.17) is 0 Å². The molecular formula is C20H28N2. The van der Waals surface area contributed by atoms with Crippen LogP contribution in [-0.4, -0.2) is 13.1 Å². The second-order valence-electron chi connectivity index (χ2n) is 6.40. The van der Waals surface area contributed by atoms with Crippen LogP contribution in [0.5, 0.6) is 0 Å². The normalized spacial score (nSPS) is 10.6. The van der Waals surface area contributed by atoms with E-state index in [1.807, 2.05) is 0 Å². The second kappa shape index (κ2) is 6.87. The lowest BCUT2D eigenvalue weighted by Crippen LogP contribution is -2.16. The van der Waals surface area contributed by atoms with E-state index in [1.54, 1.807) is 0 Å². The maximum atomic E-state index is 3.57. The fourth-order valence-corrected chi connectivity index (χ4v) is 3.29. The van der Waals surface area contributed by atoms with E-state index in [-0.39, 0.29) is 0 Å². The molecule has 2 nitrogen and oxygen atoms in total. The SMILES string of the molecule is Cc1cc(C)c(NCCNc2c(C)cc(C)cc2C)c(C)c1. The predicted molar refractivity (Wildman–Crippen MR) is 98.3 cm³/mol. The highest BCUT2D eigenvalue weighted by atomic mass is 15.0. The summed E-state index contributed by atoms with van der Waals surface area (Å²) in [5, 5.41) is 7.13. The Morgan fingerprint density at radius 3 is 1.09 bits per heavy atom. The molecule has 2 rings (SSSR count). The highest BCUT2D eigenvalue weighted by Gasteiger charge is 2.05. The number of aryl methyl sites for hydroxylation is 6. The van der Waals surface area contributed by atoms with E-state index < -0.39 is 0 Å².